The lowest BCUT2D eigenvalue weighted by Gasteiger charge is -2.29. The number of hydrogen-bond donors (Lipinski definition) is 1. The van der Waals surface area contributed by atoms with Crippen LogP contribution in [0.2, 0.25) is 0 Å². The van der Waals surface area contributed by atoms with Gasteiger partial charge >= 0.3 is 6.18 Å². The Labute approximate surface area is 177 Å². The lowest BCUT2D eigenvalue weighted by atomic mass is 10.0. The molecule has 3 rings (SSSR count). The van der Waals surface area contributed by atoms with Gasteiger partial charge in [0.15, 0.2) is 10.8 Å². The van der Waals surface area contributed by atoms with Crippen LogP contribution in [0.15, 0.2) is 24.4 Å². The zero-order valence-electron chi connectivity index (χ0n) is 15.9. The van der Waals surface area contributed by atoms with E-state index < -0.39 is 46.6 Å². The molecule has 0 bridgehead atoms. The summed E-state index contributed by atoms with van der Waals surface area (Å²) in [4.78, 5) is 33.1. The highest BCUT2D eigenvalue weighted by Gasteiger charge is 2.52. The summed E-state index contributed by atoms with van der Waals surface area (Å²) in [6.07, 6.45) is -4.34. The number of carbonyl (C=O) groups excluding carboxylic acids is 2. The van der Waals surface area contributed by atoms with Gasteiger partial charge in [0, 0.05) is 5.69 Å². The van der Waals surface area contributed by atoms with E-state index in [1.165, 1.54) is 30.9 Å². The van der Waals surface area contributed by atoms with Gasteiger partial charge in [0.1, 0.15) is 23.0 Å². The number of nitrogens with two attached hydrogens (primary N) is 1. The number of aromatic nitrogens is 2. The third-order valence-electron chi connectivity index (χ3n) is 4.51. The molecule has 1 aromatic heterocycles. The average Bonchev–Trinajstić information content (AvgIpc) is 2.84. The van der Waals surface area contributed by atoms with Gasteiger partial charge in [-0.2, -0.15) is 18.4 Å². The van der Waals surface area contributed by atoms with Crippen LogP contribution >= 0.6 is 12.2 Å². The lowest BCUT2D eigenvalue weighted by Crippen LogP contribution is -2.44. The molecule has 1 aromatic carbocycles. The molecule has 0 radical (unpaired) electrons. The van der Waals surface area contributed by atoms with Crippen molar-refractivity contribution < 1.29 is 27.2 Å². The molecule has 1 aliphatic rings. The zero-order valence-corrected chi connectivity index (χ0v) is 16.7. The number of rotatable bonds is 3. The summed E-state index contributed by atoms with van der Waals surface area (Å²) in [6.45, 7) is 2.83. The number of anilines is 2. The fourth-order valence-corrected chi connectivity index (χ4v) is 3.52. The summed E-state index contributed by atoms with van der Waals surface area (Å²) < 4.78 is 54.1. The maximum absolute atomic E-state index is 14.3. The first kappa shape index (κ1) is 22.0. The molecular weight excluding hydrogens is 440 g/mol. The van der Waals surface area contributed by atoms with E-state index in [0.29, 0.717) is 11.1 Å². The molecule has 1 aliphatic heterocycles. The number of nitriles is 1. The number of benzene rings is 1. The molecule has 0 spiro atoms. The Morgan fingerprint density at radius 1 is 1.32 bits per heavy atom. The summed E-state index contributed by atoms with van der Waals surface area (Å²) in [5.74, 6) is -3.44. The monoisotopic (exact) mass is 452 g/mol. The van der Waals surface area contributed by atoms with E-state index in [2.05, 4.69) is 9.97 Å². The van der Waals surface area contributed by atoms with Crippen LogP contribution in [0.1, 0.15) is 35.5 Å². The second-order valence-electron chi connectivity index (χ2n) is 6.89. The van der Waals surface area contributed by atoms with Crippen molar-refractivity contribution in [3.05, 3.63) is 47.0 Å². The highest BCUT2D eigenvalue weighted by Crippen LogP contribution is 2.37. The molecule has 0 atom stereocenters. The molecule has 2 N–H and O–H groups in total. The fourth-order valence-electron chi connectivity index (χ4n) is 3.03. The van der Waals surface area contributed by atoms with Crippen LogP contribution in [-0.2, 0) is 11.0 Å². The van der Waals surface area contributed by atoms with Crippen molar-refractivity contribution in [2.24, 2.45) is 5.73 Å². The molecule has 13 heteroatoms. The molecule has 0 saturated carbocycles. The number of hydrogen-bond acceptors (Lipinski definition) is 6. The second kappa shape index (κ2) is 7.24. The number of primary amides is 1. The summed E-state index contributed by atoms with van der Waals surface area (Å²) in [5, 5.41) is 8.57. The highest BCUT2D eigenvalue weighted by atomic mass is 32.1. The first-order valence-electron chi connectivity index (χ1n) is 8.43. The molecular formula is C18H12F4N6O2S. The molecule has 160 valence electrons. The van der Waals surface area contributed by atoms with Crippen LogP contribution in [0, 0.1) is 17.1 Å². The third-order valence-corrected chi connectivity index (χ3v) is 4.87. The van der Waals surface area contributed by atoms with Crippen molar-refractivity contribution in [2.75, 3.05) is 9.80 Å². The number of thiocarbonyl (C=S) groups is 1. The normalized spacial score (nSPS) is 15.9. The minimum atomic E-state index is -4.98. The number of amides is 2. The van der Waals surface area contributed by atoms with E-state index >= 15 is 0 Å². The smallest absolute Gasteiger partial charge is 0.366 e. The van der Waals surface area contributed by atoms with Gasteiger partial charge in [-0.05, 0) is 44.3 Å². The summed E-state index contributed by atoms with van der Waals surface area (Å²) in [5.41, 5.74) is 0.930. The number of carbonyl (C=O) groups is 2. The first-order valence-corrected chi connectivity index (χ1v) is 8.84. The quantitative estimate of drug-likeness (QED) is 0.562. The second-order valence-corrected chi connectivity index (χ2v) is 7.25. The Hall–Kier alpha value is -3.66. The maximum Gasteiger partial charge on any atom is 0.434 e. The zero-order chi connectivity index (χ0) is 23.3. The van der Waals surface area contributed by atoms with Gasteiger partial charge < -0.3 is 10.6 Å². The third kappa shape index (κ3) is 3.55. The van der Waals surface area contributed by atoms with Crippen molar-refractivity contribution in [2.45, 2.75) is 25.6 Å². The predicted octanol–water partition coefficient (Wildman–Crippen LogP) is 2.52. The van der Waals surface area contributed by atoms with E-state index in [9.17, 15) is 27.2 Å². The molecule has 1 saturated heterocycles. The van der Waals surface area contributed by atoms with Gasteiger partial charge in [-0.3, -0.25) is 9.59 Å². The standard InChI is InChI=1S/C18H12F4N6O2S/c1-17(2)14(30)27(15-25-7-8(6-23)12(26-15)18(20,21)22)16(31)28(17)9-3-4-10(13(24)29)11(19)5-9/h3-5,7H,1-2H3,(H2,24,29). The number of nitrogens with zero attached hydrogens (tertiary/aromatic N) is 5. The van der Waals surface area contributed by atoms with Crippen molar-refractivity contribution in [3.8, 4) is 6.07 Å². The molecule has 2 aromatic rings. The Kier molecular flexibility index (Phi) is 5.14. The van der Waals surface area contributed by atoms with E-state index in [1.54, 1.807) is 0 Å². The maximum atomic E-state index is 14.3. The summed E-state index contributed by atoms with van der Waals surface area (Å²) in [7, 11) is 0. The van der Waals surface area contributed by atoms with Crippen LogP contribution in [0.3, 0.4) is 0 Å². The predicted molar refractivity (Wildman–Crippen MR) is 103 cm³/mol. The molecule has 2 heterocycles. The van der Waals surface area contributed by atoms with Crippen LogP contribution in [-0.4, -0.2) is 32.4 Å². The molecule has 1 fully saturated rings. The lowest BCUT2D eigenvalue weighted by molar-refractivity contribution is -0.141. The van der Waals surface area contributed by atoms with Crippen LogP contribution in [0.5, 0.6) is 0 Å². The van der Waals surface area contributed by atoms with Gasteiger partial charge in [-0.15, -0.1) is 0 Å². The minimum absolute atomic E-state index is 0.0537. The average molecular weight is 452 g/mol. The highest BCUT2D eigenvalue weighted by molar-refractivity contribution is 7.81. The molecule has 2 amide bonds. The van der Waals surface area contributed by atoms with Crippen LogP contribution in [0.4, 0.5) is 29.2 Å². The fraction of sp³-hybridized carbons (Fsp3) is 0.222. The molecule has 0 unspecified atom stereocenters. The van der Waals surface area contributed by atoms with E-state index in [0.717, 1.165) is 12.1 Å². The molecule has 0 aliphatic carbocycles. The summed E-state index contributed by atoms with van der Waals surface area (Å²) in [6, 6.07) is 4.65. The number of halogens is 4. The van der Waals surface area contributed by atoms with Crippen LogP contribution in [0.25, 0.3) is 0 Å². The van der Waals surface area contributed by atoms with Gasteiger partial charge in [-0.1, -0.05) is 0 Å². The van der Waals surface area contributed by atoms with Crippen molar-refractivity contribution in [1.29, 1.82) is 5.26 Å². The first-order chi connectivity index (χ1) is 14.3. The topological polar surface area (TPSA) is 116 Å². The Morgan fingerprint density at radius 3 is 2.48 bits per heavy atom. The Balaban J connectivity index is 2.12. The van der Waals surface area contributed by atoms with Crippen molar-refractivity contribution in [1.82, 2.24) is 9.97 Å². The largest absolute Gasteiger partial charge is 0.434 e. The SMILES string of the molecule is CC1(C)C(=O)N(c2ncc(C#N)c(C(F)(F)F)n2)C(=S)N1c1ccc(C(N)=O)c(F)c1. The minimum Gasteiger partial charge on any atom is -0.366 e. The van der Waals surface area contributed by atoms with E-state index in [1.807, 2.05) is 0 Å². The van der Waals surface area contributed by atoms with Gasteiger partial charge in [0.05, 0.1) is 11.8 Å². The molecule has 31 heavy (non-hydrogen) atoms. The van der Waals surface area contributed by atoms with Crippen LogP contribution < -0.4 is 15.5 Å². The van der Waals surface area contributed by atoms with Crippen molar-refractivity contribution in [3.63, 3.8) is 0 Å². The number of alkyl halides is 3. The summed E-state index contributed by atoms with van der Waals surface area (Å²) >= 11 is 5.27. The Bertz CT molecular complexity index is 1170. The van der Waals surface area contributed by atoms with E-state index in [4.69, 9.17) is 23.2 Å². The van der Waals surface area contributed by atoms with Gasteiger partial charge in [0.25, 0.3) is 11.8 Å². The Morgan fingerprint density at radius 2 is 1.97 bits per heavy atom. The molecule has 8 nitrogen and oxygen atoms in total. The van der Waals surface area contributed by atoms with Gasteiger partial charge in [-0.25, -0.2) is 19.3 Å². The van der Waals surface area contributed by atoms with Gasteiger partial charge in [0.2, 0.25) is 5.95 Å². The van der Waals surface area contributed by atoms with E-state index in [-0.39, 0.29) is 16.4 Å². The van der Waals surface area contributed by atoms with Crippen molar-refractivity contribution >= 4 is 40.8 Å².